The zero-order valence-corrected chi connectivity index (χ0v) is 9.42. The van der Waals surface area contributed by atoms with Crippen molar-refractivity contribution in [1.29, 1.82) is 0 Å². The number of pyridine rings is 1. The van der Waals surface area contributed by atoms with Crippen LogP contribution in [0.5, 0.6) is 5.88 Å². The van der Waals surface area contributed by atoms with Gasteiger partial charge in [0.05, 0.1) is 12.8 Å². The summed E-state index contributed by atoms with van der Waals surface area (Å²) in [6.07, 6.45) is 0. The Kier molecular flexibility index (Phi) is 3.11. The summed E-state index contributed by atoms with van der Waals surface area (Å²) in [5, 5.41) is 0. The molecule has 0 bridgehead atoms. The average molecular weight is 195 g/mol. The van der Waals surface area contributed by atoms with Gasteiger partial charge in [0.2, 0.25) is 0 Å². The van der Waals surface area contributed by atoms with E-state index in [2.05, 4.69) is 36.7 Å². The largest absolute Gasteiger partial charge is 0.317 e. The molecule has 0 aliphatic rings. The van der Waals surface area contributed by atoms with Gasteiger partial charge in [-0.1, -0.05) is 20.8 Å². The smallest absolute Gasteiger partial charge is 0.256 e. The fourth-order valence-corrected chi connectivity index (χ4v) is 1.15. The van der Waals surface area contributed by atoms with Crippen LogP contribution >= 0.6 is 0 Å². The first kappa shape index (κ1) is 11.0. The van der Waals surface area contributed by atoms with E-state index >= 15 is 0 Å². The Labute approximate surface area is 85.0 Å². The second-order valence-corrected chi connectivity index (χ2v) is 4.37. The van der Waals surface area contributed by atoms with Crippen molar-refractivity contribution in [3.8, 4) is 5.88 Å². The zero-order valence-electron chi connectivity index (χ0n) is 9.42. The molecule has 0 saturated heterocycles. The molecular weight excluding hydrogens is 178 g/mol. The number of aryl methyl sites for hydroxylation is 1. The van der Waals surface area contributed by atoms with E-state index in [0.717, 1.165) is 11.3 Å². The Bertz CT molecular complexity index is 316. The summed E-state index contributed by atoms with van der Waals surface area (Å²) < 4.78 is 0. The molecule has 0 aliphatic carbocycles. The molecule has 0 amide bonds. The lowest BCUT2D eigenvalue weighted by Gasteiger charge is -2.18. The summed E-state index contributed by atoms with van der Waals surface area (Å²) in [4.78, 5) is 13.8. The van der Waals surface area contributed by atoms with Gasteiger partial charge in [-0.3, -0.25) is 0 Å². The zero-order chi connectivity index (χ0) is 10.8. The molecule has 0 aliphatic heterocycles. The Hall–Kier alpha value is -1.09. The van der Waals surface area contributed by atoms with Gasteiger partial charge < -0.3 is 4.89 Å². The maximum absolute atomic E-state index is 4.91. The average Bonchev–Trinajstić information content (AvgIpc) is 2.02. The van der Waals surface area contributed by atoms with Crippen molar-refractivity contribution in [3.05, 3.63) is 23.4 Å². The fourth-order valence-electron chi connectivity index (χ4n) is 1.15. The highest BCUT2D eigenvalue weighted by Gasteiger charge is 2.16. The van der Waals surface area contributed by atoms with Crippen LogP contribution in [0.15, 0.2) is 12.1 Å². The fraction of sp³-hybridized carbons (Fsp3) is 0.545. The van der Waals surface area contributed by atoms with E-state index in [1.165, 1.54) is 7.11 Å². The predicted molar refractivity (Wildman–Crippen MR) is 55.3 cm³/mol. The lowest BCUT2D eigenvalue weighted by molar-refractivity contribution is -0.181. The van der Waals surface area contributed by atoms with Crippen LogP contribution in [-0.4, -0.2) is 12.1 Å². The third-order valence-electron chi connectivity index (χ3n) is 1.88. The van der Waals surface area contributed by atoms with Crippen molar-refractivity contribution < 1.29 is 9.78 Å². The summed E-state index contributed by atoms with van der Waals surface area (Å²) in [5.41, 5.74) is 2.15. The molecule has 0 fully saturated rings. The molecular formula is C11H17NO2. The van der Waals surface area contributed by atoms with E-state index in [0.29, 0.717) is 5.88 Å². The minimum Gasteiger partial charge on any atom is -0.317 e. The number of rotatable bonds is 2. The molecule has 78 valence electrons. The highest BCUT2D eigenvalue weighted by atomic mass is 17.2. The standard InChI is InChI=1S/C11H17NO2/c1-8-6-9(11(2,3)4)12-10(7-8)14-13-5/h6-7H,1-5H3. The van der Waals surface area contributed by atoms with Crippen LogP contribution in [0.2, 0.25) is 0 Å². The first-order chi connectivity index (χ1) is 6.43. The first-order valence-corrected chi connectivity index (χ1v) is 4.63. The number of hydrogen-bond acceptors (Lipinski definition) is 3. The van der Waals surface area contributed by atoms with E-state index in [-0.39, 0.29) is 5.41 Å². The highest BCUT2D eigenvalue weighted by molar-refractivity contribution is 5.27. The van der Waals surface area contributed by atoms with E-state index < -0.39 is 0 Å². The molecule has 0 N–H and O–H groups in total. The summed E-state index contributed by atoms with van der Waals surface area (Å²) in [6, 6.07) is 3.90. The van der Waals surface area contributed by atoms with Crippen LogP contribution in [0.1, 0.15) is 32.0 Å². The van der Waals surface area contributed by atoms with Crippen LogP contribution in [0.25, 0.3) is 0 Å². The minimum atomic E-state index is 0.0257. The molecule has 14 heavy (non-hydrogen) atoms. The van der Waals surface area contributed by atoms with Crippen LogP contribution in [-0.2, 0) is 10.3 Å². The van der Waals surface area contributed by atoms with Crippen LogP contribution in [0.3, 0.4) is 0 Å². The molecule has 0 radical (unpaired) electrons. The molecule has 3 heteroatoms. The van der Waals surface area contributed by atoms with Crippen molar-refractivity contribution in [1.82, 2.24) is 4.98 Å². The number of hydrogen-bond donors (Lipinski definition) is 0. The summed E-state index contributed by atoms with van der Waals surface area (Å²) in [7, 11) is 1.47. The molecule has 0 spiro atoms. The van der Waals surface area contributed by atoms with E-state index in [9.17, 15) is 0 Å². The molecule has 1 heterocycles. The third kappa shape index (κ3) is 2.70. The predicted octanol–water partition coefficient (Wildman–Crippen LogP) is 2.63. The SMILES string of the molecule is COOc1cc(C)cc(C(C)(C)C)n1. The Morgan fingerprint density at radius 3 is 2.36 bits per heavy atom. The third-order valence-corrected chi connectivity index (χ3v) is 1.88. The van der Waals surface area contributed by atoms with E-state index in [4.69, 9.17) is 4.89 Å². The van der Waals surface area contributed by atoms with Crippen LogP contribution in [0, 0.1) is 6.92 Å². The van der Waals surface area contributed by atoms with Gasteiger partial charge in [-0.15, -0.1) is 0 Å². The molecule has 0 aromatic carbocycles. The minimum absolute atomic E-state index is 0.0257. The summed E-state index contributed by atoms with van der Waals surface area (Å²) in [6.45, 7) is 8.36. The normalized spacial score (nSPS) is 11.5. The Morgan fingerprint density at radius 2 is 1.86 bits per heavy atom. The second-order valence-electron chi connectivity index (χ2n) is 4.37. The summed E-state index contributed by atoms with van der Waals surface area (Å²) in [5.74, 6) is 0.512. The van der Waals surface area contributed by atoms with Gasteiger partial charge in [-0.05, 0) is 18.6 Å². The maximum atomic E-state index is 4.91. The van der Waals surface area contributed by atoms with Crippen molar-refractivity contribution >= 4 is 0 Å². The molecule has 1 aromatic rings. The van der Waals surface area contributed by atoms with Crippen molar-refractivity contribution in [3.63, 3.8) is 0 Å². The highest BCUT2D eigenvalue weighted by Crippen LogP contribution is 2.23. The van der Waals surface area contributed by atoms with Crippen LogP contribution < -0.4 is 4.89 Å². The van der Waals surface area contributed by atoms with Crippen LogP contribution in [0.4, 0.5) is 0 Å². The van der Waals surface area contributed by atoms with Gasteiger partial charge in [0.25, 0.3) is 5.88 Å². The molecule has 1 rings (SSSR count). The monoisotopic (exact) mass is 195 g/mol. The second kappa shape index (κ2) is 3.96. The topological polar surface area (TPSA) is 31.4 Å². The maximum Gasteiger partial charge on any atom is 0.256 e. The van der Waals surface area contributed by atoms with Crippen molar-refractivity contribution in [2.45, 2.75) is 33.1 Å². The molecule has 0 unspecified atom stereocenters. The molecule has 0 atom stereocenters. The van der Waals surface area contributed by atoms with Gasteiger partial charge in [-0.25, -0.2) is 4.98 Å². The molecule has 0 saturated carbocycles. The van der Waals surface area contributed by atoms with Gasteiger partial charge in [0.1, 0.15) is 0 Å². The Balaban J connectivity index is 3.07. The summed E-state index contributed by atoms with van der Waals surface area (Å²) >= 11 is 0. The van der Waals surface area contributed by atoms with Gasteiger partial charge in [0, 0.05) is 11.5 Å². The van der Waals surface area contributed by atoms with Gasteiger partial charge in [0.15, 0.2) is 0 Å². The Morgan fingerprint density at radius 1 is 1.21 bits per heavy atom. The van der Waals surface area contributed by atoms with Crippen molar-refractivity contribution in [2.24, 2.45) is 0 Å². The molecule has 1 aromatic heterocycles. The number of nitrogens with zero attached hydrogens (tertiary/aromatic N) is 1. The number of aromatic nitrogens is 1. The van der Waals surface area contributed by atoms with E-state index in [1.54, 1.807) is 0 Å². The van der Waals surface area contributed by atoms with E-state index in [1.807, 2.05) is 13.0 Å². The molecule has 3 nitrogen and oxygen atoms in total. The lowest BCUT2D eigenvalue weighted by atomic mass is 9.91. The van der Waals surface area contributed by atoms with Gasteiger partial charge >= 0.3 is 0 Å². The lowest BCUT2D eigenvalue weighted by Crippen LogP contribution is -2.14. The first-order valence-electron chi connectivity index (χ1n) is 4.63. The quantitative estimate of drug-likeness (QED) is 0.537. The van der Waals surface area contributed by atoms with Gasteiger partial charge in [-0.2, -0.15) is 4.89 Å². The van der Waals surface area contributed by atoms with Crippen molar-refractivity contribution in [2.75, 3.05) is 7.11 Å².